The van der Waals surface area contributed by atoms with Gasteiger partial charge in [-0.1, -0.05) is 66.5 Å². The van der Waals surface area contributed by atoms with Crippen LogP contribution in [0.25, 0.3) is 11.0 Å². The van der Waals surface area contributed by atoms with E-state index in [0.29, 0.717) is 17.7 Å². The van der Waals surface area contributed by atoms with Gasteiger partial charge in [-0.2, -0.15) is 0 Å². The fourth-order valence-corrected chi connectivity index (χ4v) is 4.59. The van der Waals surface area contributed by atoms with Crippen molar-refractivity contribution in [2.45, 2.75) is 91.1 Å². The number of aliphatic hydroxyl groups excluding tert-OH is 1. The number of aromatic nitrogens is 2. The summed E-state index contributed by atoms with van der Waals surface area (Å²) in [4.78, 5) is 13.6. The maximum Gasteiger partial charge on any atom is 0.203 e. The molecule has 0 fully saturated rings. The number of carbonyl (C=O) groups excluding carboxylic acids is 1. The molecule has 0 aliphatic carbocycles. The first kappa shape index (κ1) is 29.8. The number of phenols is 1. The van der Waals surface area contributed by atoms with E-state index in [1.165, 1.54) is 0 Å². The third kappa shape index (κ3) is 6.48. The van der Waals surface area contributed by atoms with Gasteiger partial charge in [-0.25, -0.2) is 0 Å². The van der Waals surface area contributed by atoms with Gasteiger partial charge >= 0.3 is 0 Å². The van der Waals surface area contributed by atoms with Gasteiger partial charge in [-0.3, -0.25) is 10.2 Å². The lowest BCUT2D eigenvalue weighted by atomic mass is 9.78. The summed E-state index contributed by atoms with van der Waals surface area (Å²) >= 11 is 0. The molecule has 0 bridgehead atoms. The highest BCUT2D eigenvalue weighted by Gasteiger charge is 2.28. The Kier molecular flexibility index (Phi) is 9.77. The van der Waals surface area contributed by atoms with Crippen molar-refractivity contribution in [3.63, 3.8) is 0 Å². The molecule has 3 aromatic rings. The number of hydrogen-bond donors (Lipinski definition) is 3. The van der Waals surface area contributed by atoms with E-state index >= 15 is 0 Å². The second kappa shape index (κ2) is 11.8. The van der Waals surface area contributed by atoms with Crippen molar-refractivity contribution in [2.75, 3.05) is 6.61 Å². The third-order valence-corrected chi connectivity index (χ3v) is 6.61. The second-order valence-corrected chi connectivity index (χ2v) is 11.5. The molecule has 36 heavy (non-hydrogen) atoms. The largest absolute Gasteiger partial charge is 0.507 e. The number of hydrogen-bond acceptors (Lipinski definition) is 4. The lowest BCUT2D eigenvalue weighted by molar-refractivity contribution is 0.0971. The molecule has 0 saturated carbocycles. The van der Waals surface area contributed by atoms with Gasteiger partial charge in [-0.05, 0) is 47.9 Å². The van der Waals surface area contributed by atoms with Crippen molar-refractivity contribution in [1.29, 1.82) is 5.41 Å². The van der Waals surface area contributed by atoms with Crippen LogP contribution in [0.2, 0.25) is 0 Å². The van der Waals surface area contributed by atoms with E-state index in [1.54, 1.807) is 4.57 Å². The van der Waals surface area contributed by atoms with E-state index in [2.05, 4.69) is 0 Å². The van der Waals surface area contributed by atoms with Gasteiger partial charge in [0.1, 0.15) is 5.75 Å². The molecule has 0 spiro atoms. The highest BCUT2D eigenvalue weighted by molar-refractivity contribution is 8.93. The maximum absolute atomic E-state index is 13.6. The lowest BCUT2D eigenvalue weighted by Crippen LogP contribution is -2.28. The molecule has 3 N–H and O–H groups in total. The Morgan fingerprint density at radius 1 is 0.861 bits per heavy atom. The molecule has 198 valence electrons. The van der Waals surface area contributed by atoms with Crippen molar-refractivity contribution in [3.8, 4) is 5.75 Å². The standard InChI is InChI=1S/C29H41N3O3.BrH/c1-28(2,3)21-17-20(18-22(26(21)35)29(4,5)6)25(34)19-32-24-14-10-9-13-23(24)31(27(32)30)15-11-7-8-12-16-33;/h9-10,13-14,17-18,30,33,35H,7-8,11-12,15-16,19H2,1-6H3;1H. The van der Waals surface area contributed by atoms with Crippen LogP contribution in [0, 0.1) is 5.41 Å². The molecule has 0 aliphatic heterocycles. The maximum atomic E-state index is 13.6. The van der Waals surface area contributed by atoms with Gasteiger partial charge in [0.05, 0.1) is 17.6 Å². The SMILES string of the molecule is Br.CC(C)(C)c1cc(C(=O)Cn2c(=N)n(CCCCCCO)c3ccccc32)cc(C(C)(C)C)c1O. The summed E-state index contributed by atoms with van der Waals surface area (Å²) in [5.41, 5.74) is 3.57. The lowest BCUT2D eigenvalue weighted by Gasteiger charge is -2.28. The third-order valence-electron chi connectivity index (χ3n) is 6.61. The van der Waals surface area contributed by atoms with Gasteiger partial charge in [0.25, 0.3) is 0 Å². The van der Waals surface area contributed by atoms with Crippen LogP contribution in [-0.4, -0.2) is 31.7 Å². The molecule has 1 aromatic heterocycles. The van der Waals surface area contributed by atoms with Crippen LogP contribution in [0.3, 0.4) is 0 Å². The number of Topliss-reactive ketones (excluding diaryl/α,β-unsaturated/α-hetero) is 1. The minimum atomic E-state index is -0.319. The number of phenolic OH excluding ortho intramolecular Hbond substituents is 1. The summed E-state index contributed by atoms with van der Waals surface area (Å²) in [5.74, 6) is 0.179. The number of rotatable bonds is 9. The van der Waals surface area contributed by atoms with Crippen LogP contribution in [0.5, 0.6) is 5.75 Å². The summed E-state index contributed by atoms with van der Waals surface area (Å²) in [7, 11) is 0. The van der Waals surface area contributed by atoms with Crippen LogP contribution < -0.4 is 5.62 Å². The van der Waals surface area contributed by atoms with E-state index in [0.717, 1.165) is 47.8 Å². The first-order valence-electron chi connectivity index (χ1n) is 12.6. The number of benzene rings is 2. The number of halogens is 1. The number of aromatic hydroxyl groups is 1. The molecule has 0 radical (unpaired) electrons. The molecule has 7 heteroatoms. The summed E-state index contributed by atoms with van der Waals surface area (Å²) in [6, 6.07) is 11.5. The Morgan fingerprint density at radius 2 is 1.36 bits per heavy atom. The molecular formula is C29H42BrN3O3. The number of para-hydroxylation sites is 2. The van der Waals surface area contributed by atoms with Gasteiger partial charge < -0.3 is 19.3 Å². The molecular weight excluding hydrogens is 518 g/mol. The van der Waals surface area contributed by atoms with Crippen LogP contribution in [0.1, 0.15) is 88.7 Å². The Bertz CT molecular complexity index is 1220. The first-order chi connectivity index (χ1) is 16.4. The summed E-state index contributed by atoms with van der Waals surface area (Å²) in [5, 5.41) is 28.9. The van der Waals surface area contributed by atoms with Crippen molar-refractivity contribution in [3.05, 3.63) is 58.7 Å². The van der Waals surface area contributed by atoms with E-state index in [-0.39, 0.29) is 52.5 Å². The van der Waals surface area contributed by atoms with Gasteiger partial charge in [0.15, 0.2) is 5.78 Å². The molecule has 0 amide bonds. The molecule has 6 nitrogen and oxygen atoms in total. The van der Waals surface area contributed by atoms with Crippen LogP contribution in [0.15, 0.2) is 36.4 Å². The number of nitrogens with zero attached hydrogens (tertiary/aromatic N) is 2. The number of imidazole rings is 1. The molecule has 0 aliphatic rings. The average Bonchev–Trinajstić information content (AvgIpc) is 3.03. The fraction of sp³-hybridized carbons (Fsp3) is 0.517. The Morgan fingerprint density at radius 3 is 1.86 bits per heavy atom. The van der Waals surface area contributed by atoms with Gasteiger partial charge in [0.2, 0.25) is 5.62 Å². The number of carbonyl (C=O) groups is 1. The molecule has 2 aromatic carbocycles. The zero-order chi connectivity index (χ0) is 26.0. The summed E-state index contributed by atoms with van der Waals surface area (Å²) in [6.07, 6.45) is 3.67. The van der Waals surface area contributed by atoms with Crippen LogP contribution >= 0.6 is 17.0 Å². The Hall–Kier alpha value is -2.38. The number of unbranched alkanes of at least 4 members (excludes halogenated alkanes) is 3. The number of aryl methyl sites for hydroxylation is 1. The Labute approximate surface area is 225 Å². The van der Waals surface area contributed by atoms with Gasteiger partial charge in [0, 0.05) is 29.8 Å². The highest BCUT2D eigenvalue weighted by Crippen LogP contribution is 2.40. The van der Waals surface area contributed by atoms with Crippen LogP contribution in [0.4, 0.5) is 0 Å². The number of nitrogens with one attached hydrogen (secondary N) is 1. The normalized spacial score (nSPS) is 12.1. The summed E-state index contributed by atoms with van der Waals surface area (Å²) < 4.78 is 3.76. The average molecular weight is 561 g/mol. The molecule has 0 atom stereocenters. The van der Waals surface area contributed by atoms with E-state index in [1.807, 2.05) is 82.5 Å². The zero-order valence-electron chi connectivity index (χ0n) is 22.5. The highest BCUT2D eigenvalue weighted by atomic mass is 79.9. The number of ketones is 1. The minimum absolute atomic E-state index is 0. The zero-order valence-corrected chi connectivity index (χ0v) is 24.2. The van der Waals surface area contributed by atoms with E-state index in [9.17, 15) is 9.90 Å². The van der Waals surface area contributed by atoms with E-state index in [4.69, 9.17) is 10.5 Å². The molecule has 0 unspecified atom stereocenters. The fourth-order valence-electron chi connectivity index (χ4n) is 4.59. The first-order valence-corrected chi connectivity index (χ1v) is 12.6. The summed E-state index contributed by atoms with van der Waals surface area (Å²) in [6.45, 7) is 13.2. The monoisotopic (exact) mass is 559 g/mol. The molecule has 1 heterocycles. The van der Waals surface area contributed by atoms with Crippen molar-refractivity contribution >= 4 is 33.8 Å². The van der Waals surface area contributed by atoms with Gasteiger partial charge in [-0.15, -0.1) is 17.0 Å². The van der Waals surface area contributed by atoms with Crippen molar-refractivity contribution in [2.24, 2.45) is 0 Å². The minimum Gasteiger partial charge on any atom is -0.507 e. The quantitative estimate of drug-likeness (QED) is 0.214. The van der Waals surface area contributed by atoms with Crippen molar-refractivity contribution in [1.82, 2.24) is 9.13 Å². The predicted octanol–water partition coefficient (Wildman–Crippen LogP) is 6.24. The molecule has 0 saturated heterocycles. The van der Waals surface area contributed by atoms with E-state index < -0.39 is 0 Å². The number of aliphatic hydroxyl groups is 1. The Balaban J connectivity index is 0.00000456. The predicted molar refractivity (Wildman–Crippen MR) is 151 cm³/mol. The second-order valence-electron chi connectivity index (χ2n) is 11.5. The topological polar surface area (TPSA) is 91.2 Å². The smallest absolute Gasteiger partial charge is 0.203 e. The number of fused-ring (bicyclic) bond motifs is 1. The van der Waals surface area contributed by atoms with Crippen molar-refractivity contribution < 1.29 is 15.0 Å². The molecule has 3 rings (SSSR count). The van der Waals surface area contributed by atoms with Crippen LogP contribution in [-0.2, 0) is 23.9 Å².